The molecule has 0 aliphatic carbocycles. The summed E-state index contributed by atoms with van der Waals surface area (Å²) in [7, 11) is 0. The van der Waals surface area contributed by atoms with E-state index < -0.39 is 0 Å². The number of amides is 1. The first kappa shape index (κ1) is 17.2. The van der Waals surface area contributed by atoms with Gasteiger partial charge in [0.2, 0.25) is 5.91 Å². The number of aromatic nitrogens is 1. The lowest BCUT2D eigenvalue weighted by molar-refractivity contribution is -0.115. The number of benzene rings is 1. The molecule has 2 rings (SSSR count). The van der Waals surface area contributed by atoms with Gasteiger partial charge in [-0.05, 0) is 32.9 Å². The van der Waals surface area contributed by atoms with Crippen LogP contribution >= 0.6 is 35.0 Å². The number of halogens is 2. The van der Waals surface area contributed by atoms with E-state index in [1.165, 1.54) is 11.8 Å². The molecule has 1 atom stereocenters. The fourth-order valence-electron chi connectivity index (χ4n) is 1.83. The quantitative estimate of drug-likeness (QED) is 0.828. The van der Waals surface area contributed by atoms with E-state index in [1.54, 1.807) is 18.2 Å². The lowest BCUT2D eigenvalue weighted by atomic mass is 10.2. The van der Waals surface area contributed by atoms with Crippen LogP contribution in [-0.2, 0) is 10.5 Å². The summed E-state index contributed by atoms with van der Waals surface area (Å²) in [4.78, 5) is 12.3. The zero-order valence-electron chi connectivity index (χ0n) is 12.4. The van der Waals surface area contributed by atoms with E-state index >= 15 is 0 Å². The van der Waals surface area contributed by atoms with Gasteiger partial charge < -0.3 is 9.84 Å². The van der Waals surface area contributed by atoms with Crippen molar-refractivity contribution >= 4 is 46.6 Å². The van der Waals surface area contributed by atoms with Gasteiger partial charge in [0.25, 0.3) is 0 Å². The molecule has 0 saturated heterocycles. The van der Waals surface area contributed by atoms with Gasteiger partial charge in [-0.2, -0.15) is 0 Å². The zero-order chi connectivity index (χ0) is 16.3. The highest BCUT2D eigenvalue weighted by Gasteiger charge is 2.18. The number of thioether (sulfide) groups is 1. The van der Waals surface area contributed by atoms with Crippen molar-refractivity contribution < 1.29 is 9.32 Å². The maximum Gasteiger partial charge on any atom is 0.237 e. The molecule has 1 amide bonds. The number of para-hydroxylation sites is 1. The Kier molecular flexibility index (Phi) is 5.78. The van der Waals surface area contributed by atoms with Gasteiger partial charge in [-0.15, -0.1) is 11.8 Å². The monoisotopic (exact) mass is 358 g/mol. The highest BCUT2D eigenvalue weighted by molar-refractivity contribution is 7.99. The first-order chi connectivity index (χ1) is 10.4. The lowest BCUT2D eigenvalue weighted by Gasteiger charge is -2.14. The van der Waals surface area contributed by atoms with Crippen LogP contribution in [0.5, 0.6) is 0 Å². The molecule has 22 heavy (non-hydrogen) atoms. The van der Waals surface area contributed by atoms with Crippen LogP contribution in [0.15, 0.2) is 22.7 Å². The number of hydrogen-bond acceptors (Lipinski definition) is 4. The fraction of sp³-hybridized carbons (Fsp3) is 0.333. The molecule has 1 unspecified atom stereocenters. The third-order valence-electron chi connectivity index (χ3n) is 3.24. The third-order valence-corrected chi connectivity index (χ3v) is 5.04. The summed E-state index contributed by atoms with van der Waals surface area (Å²) in [5.41, 5.74) is 2.33. The van der Waals surface area contributed by atoms with Gasteiger partial charge in [0.15, 0.2) is 0 Å². The Hall–Kier alpha value is -1.17. The first-order valence-electron chi connectivity index (χ1n) is 6.68. The second-order valence-corrected chi connectivity index (χ2v) is 6.99. The summed E-state index contributed by atoms with van der Waals surface area (Å²) in [6, 6.07) is 5.10. The summed E-state index contributed by atoms with van der Waals surface area (Å²) in [6.07, 6.45) is 0. The number of anilines is 1. The molecular formula is C15H16Cl2N2O2S. The van der Waals surface area contributed by atoms with Crippen molar-refractivity contribution in [3.63, 3.8) is 0 Å². The minimum Gasteiger partial charge on any atom is -0.361 e. The standard InChI is InChI=1S/C15H16Cl2N2O2S/c1-8-11(9(2)21-19-8)7-22-10(3)15(20)18-14-12(16)5-4-6-13(14)17/h4-6,10H,7H2,1-3H3,(H,18,20). The highest BCUT2D eigenvalue weighted by Crippen LogP contribution is 2.31. The summed E-state index contributed by atoms with van der Waals surface area (Å²) in [5, 5.41) is 7.26. The predicted molar refractivity (Wildman–Crippen MR) is 91.8 cm³/mol. The zero-order valence-corrected chi connectivity index (χ0v) is 14.8. The van der Waals surface area contributed by atoms with Crippen molar-refractivity contribution in [3.8, 4) is 0 Å². The van der Waals surface area contributed by atoms with E-state index in [0.717, 1.165) is 17.0 Å². The second-order valence-electron chi connectivity index (χ2n) is 4.84. The topological polar surface area (TPSA) is 55.1 Å². The Morgan fingerprint density at radius 3 is 2.55 bits per heavy atom. The van der Waals surface area contributed by atoms with Crippen LogP contribution in [0.2, 0.25) is 10.0 Å². The van der Waals surface area contributed by atoms with E-state index in [2.05, 4.69) is 10.5 Å². The van der Waals surface area contributed by atoms with E-state index in [0.29, 0.717) is 21.5 Å². The molecule has 0 saturated carbocycles. The smallest absolute Gasteiger partial charge is 0.237 e. The summed E-state index contributed by atoms with van der Waals surface area (Å²) < 4.78 is 5.12. The van der Waals surface area contributed by atoms with Crippen LogP contribution < -0.4 is 5.32 Å². The average molecular weight is 359 g/mol. The Labute approximate surface area is 143 Å². The normalized spacial score (nSPS) is 12.2. The van der Waals surface area contributed by atoms with Crippen molar-refractivity contribution in [1.29, 1.82) is 0 Å². The first-order valence-corrected chi connectivity index (χ1v) is 8.49. The molecule has 0 aliphatic heterocycles. The maximum absolute atomic E-state index is 12.3. The largest absolute Gasteiger partial charge is 0.361 e. The SMILES string of the molecule is Cc1noc(C)c1CSC(C)C(=O)Nc1c(Cl)cccc1Cl. The molecular weight excluding hydrogens is 343 g/mol. The average Bonchev–Trinajstić information content (AvgIpc) is 2.79. The molecule has 4 nitrogen and oxygen atoms in total. The number of aryl methyl sites for hydroxylation is 2. The predicted octanol–water partition coefficient (Wildman–Crippen LogP) is 4.86. The van der Waals surface area contributed by atoms with Crippen LogP contribution in [0.4, 0.5) is 5.69 Å². The van der Waals surface area contributed by atoms with Crippen molar-refractivity contribution in [3.05, 3.63) is 45.3 Å². The van der Waals surface area contributed by atoms with Gasteiger partial charge in [0.1, 0.15) is 5.76 Å². The van der Waals surface area contributed by atoms with Gasteiger partial charge in [-0.3, -0.25) is 4.79 Å². The van der Waals surface area contributed by atoms with Crippen LogP contribution in [0.25, 0.3) is 0 Å². The Morgan fingerprint density at radius 2 is 2.00 bits per heavy atom. The molecule has 7 heteroatoms. The van der Waals surface area contributed by atoms with Crippen molar-refractivity contribution in [2.45, 2.75) is 31.8 Å². The van der Waals surface area contributed by atoms with Crippen LogP contribution in [-0.4, -0.2) is 16.3 Å². The molecule has 0 fully saturated rings. The molecule has 118 valence electrons. The highest BCUT2D eigenvalue weighted by atomic mass is 35.5. The molecule has 0 spiro atoms. The molecule has 0 radical (unpaired) electrons. The summed E-state index contributed by atoms with van der Waals surface area (Å²) >= 11 is 13.6. The van der Waals surface area contributed by atoms with Gasteiger partial charge in [0, 0.05) is 11.3 Å². The van der Waals surface area contributed by atoms with Gasteiger partial charge in [-0.1, -0.05) is 34.4 Å². The molecule has 1 heterocycles. The number of carbonyl (C=O) groups is 1. The molecule has 1 aromatic heterocycles. The van der Waals surface area contributed by atoms with Gasteiger partial charge in [-0.25, -0.2) is 0 Å². The van der Waals surface area contributed by atoms with Crippen LogP contribution in [0.3, 0.4) is 0 Å². The molecule has 0 bridgehead atoms. The number of nitrogens with zero attached hydrogens (tertiary/aromatic N) is 1. The lowest BCUT2D eigenvalue weighted by Crippen LogP contribution is -2.23. The van der Waals surface area contributed by atoms with E-state index in [-0.39, 0.29) is 11.2 Å². The van der Waals surface area contributed by atoms with Crippen LogP contribution in [0.1, 0.15) is 23.9 Å². The van der Waals surface area contributed by atoms with E-state index in [4.69, 9.17) is 27.7 Å². The third kappa shape index (κ3) is 3.97. The number of nitrogens with one attached hydrogen (secondary N) is 1. The van der Waals surface area contributed by atoms with Gasteiger partial charge >= 0.3 is 0 Å². The molecule has 1 aromatic carbocycles. The number of rotatable bonds is 5. The number of carbonyl (C=O) groups excluding carboxylic acids is 1. The summed E-state index contributed by atoms with van der Waals surface area (Å²) in [6.45, 7) is 5.59. The minimum atomic E-state index is -0.263. The van der Waals surface area contributed by atoms with Crippen LogP contribution in [0, 0.1) is 13.8 Å². The molecule has 1 N–H and O–H groups in total. The Morgan fingerprint density at radius 1 is 1.36 bits per heavy atom. The Balaban J connectivity index is 1.98. The van der Waals surface area contributed by atoms with E-state index in [1.807, 2.05) is 20.8 Å². The van der Waals surface area contributed by atoms with Crippen molar-refractivity contribution in [2.75, 3.05) is 5.32 Å². The van der Waals surface area contributed by atoms with Crippen molar-refractivity contribution in [2.24, 2.45) is 0 Å². The Bertz CT molecular complexity index is 648. The maximum atomic E-state index is 12.3. The molecule has 2 aromatic rings. The van der Waals surface area contributed by atoms with E-state index in [9.17, 15) is 4.79 Å². The fourth-order valence-corrected chi connectivity index (χ4v) is 3.37. The van der Waals surface area contributed by atoms with Gasteiger partial charge in [0.05, 0.1) is 26.7 Å². The number of hydrogen-bond donors (Lipinski definition) is 1. The summed E-state index contributed by atoms with van der Waals surface area (Å²) in [5.74, 6) is 1.30. The molecule has 0 aliphatic rings. The van der Waals surface area contributed by atoms with Crippen molar-refractivity contribution in [1.82, 2.24) is 5.16 Å². The second kappa shape index (κ2) is 7.40. The minimum absolute atomic E-state index is 0.147.